The van der Waals surface area contributed by atoms with Crippen molar-refractivity contribution in [3.05, 3.63) is 77.7 Å². The summed E-state index contributed by atoms with van der Waals surface area (Å²) in [5.41, 5.74) is 0.730. The van der Waals surface area contributed by atoms with E-state index in [9.17, 15) is 4.79 Å². The molecule has 0 saturated carbocycles. The summed E-state index contributed by atoms with van der Waals surface area (Å²) in [6, 6.07) is 20.7. The Morgan fingerprint density at radius 1 is 0.955 bits per heavy atom. The number of carbonyl (C=O) groups excluding carboxylic acids is 1. The largest absolute Gasteiger partial charge is 0.440 e. The minimum absolute atomic E-state index is 0.185. The lowest BCUT2D eigenvalue weighted by molar-refractivity contribution is 0.0996. The molecule has 0 aliphatic carbocycles. The Hall–Kier alpha value is -2.17. The van der Waals surface area contributed by atoms with Crippen LogP contribution in [0.1, 0.15) is 10.6 Å². The highest BCUT2D eigenvalue weighted by atomic mass is 35.5. The number of anilines is 1. The number of hydrogen-bond donors (Lipinski definition) is 1. The molecule has 0 atom stereocenters. The van der Waals surface area contributed by atoms with E-state index in [1.807, 2.05) is 54.6 Å². The standard InChI is InChI=1S/C17H12ClNO2S/c18-16-11-10-14(21-16)17(20)19-13-8-4-5-9-15(13)22-12-6-2-1-3-7-12/h1-11H,(H,19,20). The van der Waals surface area contributed by atoms with Crippen molar-refractivity contribution in [2.24, 2.45) is 0 Å². The Balaban J connectivity index is 1.81. The Bertz CT molecular complexity index is 786. The third kappa shape index (κ3) is 3.53. The van der Waals surface area contributed by atoms with Crippen LogP contribution in [-0.2, 0) is 0 Å². The van der Waals surface area contributed by atoms with Crippen molar-refractivity contribution in [3.8, 4) is 0 Å². The lowest BCUT2D eigenvalue weighted by Crippen LogP contribution is -2.11. The van der Waals surface area contributed by atoms with E-state index in [1.165, 1.54) is 0 Å². The molecule has 3 nitrogen and oxygen atoms in total. The first-order valence-electron chi connectivity index (χ1n) is 6.61. The maximum atomic E-state index is 12.2. The summed E-state index contributed by atoms with van der Waals surface area (Å²) in [5, 5.41) is 3.04. The second kappa shape index (κ2) is 6.73. The number of rotatable bonds is 4. The van der Waals surface area contributed by atoms with Gasteiger partial charge in [-0.1, -0.05) is 42.1 Å². The summed E-state index contributed by atoms with van der Waals surface area (Å²) in [7, 11) is 0. The molecule has 3 aromatic rings. The average Bonchev–Trinajstić information content (AvgIpc) is 2.97. The van der Waals surface area contributed by atoms with Gasteiger partial charge in [0.2, 0.25) is 0 Å². The highest BCUT2D eigenvalue weighted by Crippen LogP contribution is 2.33. The molecule has 110 valence electrons. The zero-order valence-corrected chi connectivity index (χ0v) is 13.0. The number of hydrogen-bond acceptors (Lipinski definition) is 3. The van der Waals surface area contributed by atoms with Crippen LogP contribution in [0.25, 0.3) is 0 Å². The molecule has 0 radical (unpaired) electrons. The zero-order valence-electron chi connectivity index (χ0n) is 11.5. The van der Waals surface area contributed by atoms with Crippen molar-refractivity contribution >= 4 is 35.0 Å². The fraction of sp³-hybridized carbons (Fsp3) is 0. The molecule has 5 heteroatoms. The fourth-order valence-corrected chi connectivity index (χ4v) is 2.96. The first-order valence-corrected chi connectivity index (χ1v) is 7.80. The zero-order chi connectivity index (χ0) is 15.4. The van der Waals surface area contributed by atoms with Crippen molar-refractivity contribution < 1.29 is 9.21 Å². The molecule has 0 bridgehead atoms. The SMILES string of the molecule is O=C(Nc1ccccc1Sc1ccccc1)c1ccc(Cl)o1. The second-order valence-electron chi connectivity index (χ2n) is 4.47. The lowest BCUT2D eigenvalue weighted by atomic mass is 10.3. The van der Waals surface area contributed by atoms with Crippen molar-refractivity contribution in [3.63, 3.8) is 0 Å². The molecule has 0 aliphatic heterocycles. The molecule has 2 aromatic carbocycles. The van der Waals surface area contributed by atoms with E-state index in [0.717, 1.165) is 15.5 Å². The van der Waals surface area contributed by atoms with Gasteiger partial charge in [-0.05, 0) is 48.0 Å². The van der Waals surface area contributed by atoms with Gasteiger partial charge in [0.25, 0.3) is 5.91 Å². The number of amides is 1. The molecule has 3 rings (SSSR count). The highest BCUT2D eigenvalue weighted by Gasteiger charge is 2.13. The number of benzene rings is 2. The first kappa shape index (κ1) is 14.8. The van der Waals surface area contributed by atoms with Crippen molar-refractivity contribution in [2.45, 2.75) is 9.79 Å². The molecule has 0 aliphatic rings. The van der Waals surface area contributed by atoms with Crippen LogP contribution < -0.4 is 5.32 Å². The maximum Gasteiger partial charge on any atom is 0.291 e. The van der Waals surface area contributed by atoms with E-state index >= 15 is 0 Å². The number of carbonyl (C=O) groups is 1. The Labute approximate surface area is 137 Å². The molecule has 0 unspecified atom stereocenters. The third-order valence-corrected chi connectivity index (χ3v) is 4.19. The third-order valence-electron chi connectivity index (χ3n) is 2.90. The topological polar surface area (TPSA) is 42.2 Å². The number of nitrogens with one attached hydrogen (secondary N) is 1. The van der Waals surface area contributed by atoms with E-state index in [4.69, 9.17) is 16.0 Å². The van der Waals surface area contributed by atoms with Crippen LogP contribution in [0.4, 0.5) is 5.69 Å². The van der Waals surface area contributed by atoms with Gasteiger partial charge >= 0.3 is 0 Å². The number of furan rings is 1. The van der Waals surface area contributed by atoms with E-state index in [-0.39, 0.29) is 16.9 Å². The van der Waals surface area contributed by atoms with Crippen molar-refractivity contribution in [2.75, 3.05) is 5.32 Å². The van der Waals surface area contributed by atoms with Crippen LogP contribution in [0.2, 0.25) is 5.22 Å². The predicted molar refractivity (Wildman–Crippen MR) is 88.7 cm³/mol. The first-order chi connectivity index (χ1) is 10.7. The van der Waals surface area contributed by atoms with E-state index in [2.05, 4.69) is 5.32 Å². The Kier molecular flexibility index (Phi) is 4.51. The van der Waals surface area contributed by atoms with Gasteiger partial charge in [0.15, 0.2) is 11.0 Å². The summed E-state index contributed by atoms with van der Waals surface area (Å²) in [6.07, 6.45) is 0. The summed E-state index contributed by atoms with van der Waals surface area (Å²) in [4.78, 5) is 14.2. The molecule has 22 heavy (non-hydrogen) atoms. The average molecular weight is 330 g/mol. The van der Waals surface area contributed by atoms with Crippen LogP contribution >= 0.6 is 23.4 Å². The molecular formula is C17H12ClNO2S. The molecule has 1 amide bonds. The molecule has 0 spiro atoms. The molecular weight excluding hydrogens is 318 g/mol. The Morgan fingerprint density at radius 3 is 2.41 bits per heavy atom. The minimum atomic E-state index is -0.326. The number of para-hydroxylation sites is 1. The molecule has 0 fully saturated rings. The second-order valence-corrected chi connectivity index (χ2v) is 5.96. The quantitative estimate of drug-likeness (QED) is 0.702. The van der Waals surface area contributed by atoms with Gasteiger partial charge in [0, 0.05) is 9.79 Å². The van der Waals surface area contributed by atoms with Crippen LogP contribution in [0.15, 0.2) is 80.9 Å². The number of halogens is 1. The Morgan fingerprint density at radius 2 is 1.68 bits per heavy atom. The van der Waals surface area contributed by atoms with E-state index in [1.54, 1.807) is 23.9 Å². The van der Waals surface area contributed by atoms with Gasteiger partial charge < -0.3 is 9.73 Å². The van der Waals surface area contributed by atoms with Gasteiger partial charge in [-0.3, -0.25) is 4.79 Å². The van der Waals surface area contributed by atoms with Crippen LogP contribution in [0.5, 0.6) is 0 Å². The van der Waals surface area contributed by atoms with E-state index < -0.39 is 0 Å². The van der Waals surface area contributed by atoms with Gasteiger partial charge in [0.1, 0.15) is 0 Å². The van der Waals surface area contributed by atoms with Crippen molar-refractivity contribution in [1.82, 2.24) is 0 Å². The van der Waals surface area contributed by atoms with Crippen LogP contribution in [-0.4, -0.2) is 5.91 Å². The molecule has 1 aromatic heterocycles. The van der Waals surface area contributed by atoms with Crippen LogP contribution in [0.3, 0.4) is 0 Å². The highest BCUT2D eigenvalue weighted by molar-refractivity contribution is 7.99. The summed E-state index contributed by atoms with van der Waals surface area (Å²) < 4.78 is 5.12. The summed E-state index contributed by atoms with van der Waals surface area (Å²) in [6.45, 7) is 0. The molecule has 1 heterocycles. The molecule has 1 N–H and O–H groups in total. The van der Waals surface area contributed by atoms with Gasteiger partial charge in [-0.25, -0.2) is 0 Å². The van der Waals surface area contributed by atoms with Crippen LogP contribution in [0, 0.1) is 0 Å². The van der Waals surface area contributed by atoms with Gasteiger partial charge in [-0.2, -0.15) is 0 Å². The molecule has 0 saturated heterocycles. The van der Waals surface area contributed by atoms with Gasteiger partial charge in [0.05, 0.1) is 5.69 Å². The monoisotopic (exact) mass is 329 g/mol. The predicted octanol–water partition coefficient (Wildman–Crippen LogP) is 5.34. The summed E-state index contributed by atoms with van der Waals surface area (Å²) in [5.74, 6) is -0.141. The maximum absolute atomic E-state index is 12.2. The van der Waals surface area contributed by atoms with Gasteiger partial charge in [-0.15, -0.1) is 0 Å². The summed E-state index contributed by atoms with van der Waals surface area (Å²) >= 11 is 7.28. The smallest absolute Gasteiger partial charge is 0.291 e. The fourth-order valence-electron chi connectivity index (χ4n) is 1.89. The lowest BCUT2D eigenvalue weighted by Gasteiger charge is -2.09. The van der Waals surface area contributed by atoms with E-state index in [0.29, 0.717) is 0 Å². The minimum Gasteiger partial charge on any atom is -0.440 e. The van der Waals surface area contributed by atoms with Crippen molar-refractivity contribution in [1.29, 1.82) is 0 Å². The normalized spacial score (nSPS) is 10.4.